The number of rotatable bonds is 2. The second-order valence-electron chi connectivity index (χ2n) is 4.70. The van der Waals surface area contributed by atoms with E-state index in [1.165, 1.54) is 10.8 Å². The second kappa shape index (κ2) is 4.37. The fraction of sp³-hybridized carbons (Fsp3) is 0.231. The van der Waals surface area contributed by atoms with Gasteiger partial charge in [-0.3, -0.25) is 4.79 Å². The summed E-state index contributed by atoms with van der Waals surface area (Å²) in [5.41, 5.74) is -1.07. The lowest BCUT2D eigenvalue weighted by molar-refractivity contribution is 0.0695. The van der Waals surface area contributed by atoms with Gasteiger partial charge in [-0.2, -0.15) is 0 Å². The standard InChI is InChI=1S/C13H8BrF2NO3/c14-10-9-8(3-7(15)11(10)16)17(5-1-2-5)4-6(12(9)18)13(19)20/h3-5H,1-2H2,(H,19,20). The molecule has 4 nitrogen and oxygen atoms in total. The molecular weight excluding hydrogens is 336 g/mol. The van der Waals surface area contributed by atoms with Crippen molar-refractivity contribution in [1.82, 2.24) is 4.57 Å². The molecule has 1 aromatic carbocycles. The van der Waals surface area contributed by atoms with Crippen LogP contribution < -0.4 is 5.43 Å². The average molecular weight is 344 g/mol. The molecule has 0 atom stereocenters. The Morgan fingerprint density at radius 1 is 1.40 bits per heavy atom. The molecule has 20 heavy (non-hydrogen) atoms. The normalized spacial score (nSPS) is 14.8. The van der Waals surface area contributed by atoms with Crippen LogP contribution in [0.5, 0.6) is 0 Å². The number of benzene rings is 1. The molecule has 1 heterocycles. The number of nitrogens with zero attached hydrogens (tertiary/aromatic N) is 1. The molecule has 7 heteroatoms. The third kappa shape index (κ3) is 1.84. The summed E-state index contributed by atoms with van der Waals surface area (Å²) in [4.78, 5) is 23.3. The van der Waals surface area contributed by atoms with Gasteiger partial charge >= 0.3 is 5.97 Å². The molecule has 3 rings (SSSR count). The van der Waals surface area contributed by atoms with E-state index in [4.69, 9.17) is 5.11 Å². The van der Waals surface area contributed by atoms with Gasteiger partial charge in [0.2, 0.25) is 5.43 Å². The Kier molecular flexibility index (Phi) is 2.89. The number of hydrogen-bond donors (Lipinski definition) is 1. The molecule has 1 aromatic heterocycles. The summed E-state index contributed by atoms with van der Waals surface area (Å²) in [6, 6.07) is 0.953. The van der Waals surface area contributed by atoms with E-state index in [9.17, 15) is 18.4 Å². The highest BCUT2D eigenvalue weighted by Crippen LogP contribution is 2.38. The fourth-order valence-electron chi connectivity index (χ4n) is 2.21. The van der Waals surface area contributed by atoms with Crippen LogP contribution in [0, 0.1) is 11.6 Å². The number of carboxylic acid groups (broad SMARTS) is 1. The maximum atomic E-state index is 13.6. The molecule has 104 valence electrons. The second-order valence-corrected chi connectivity index (χ2v) is 5.49. The van der Waals surface area contributed by atoms with Crippen molar-refractivity contribution in [2.24, 2.45) is 0 Å². The van der Waals surface area contributed by atoms with Gasteiger partial charge < -0.3 is 9.67 Å². The quantitative estimate of drug-likeness (QED) is 0.852. The first-order chi connectivity index (χ1) is 9.41. The highest BCUT2D eigenvalue weighted by molar-refractivity contribution is 9.10. The zero-order valence-electron chi connectivity index (χ0n) is 9.99. The summed E-state index contributed by atoms with van der Waals surface area (Å²) >= 11 is 2.85. The van der Waals surface area contributed by atoms with E-state index < -0.39 is 28.6 Å². The number of carbonyl (C=O) groups is 1. The Morgan fingerprint density at radius 3 is 2.60 bits per heavy atom. The average Bonchev–Trinajstić information content (AvgIpc) is 3.20. The molecule has 2 aromatic rings. The largest absolute Gasteiger partial charge is 0.477 e. The van der Waals surface area contributed by atoms with Crippen LogP contribution in [0.1, 0.15) is 29.2 Å². The highest BCUT2D eigenvalue weighted by atomic mass is 79.9. The summed E-state index contributed by atoms with van der Waals surface area (Å²) in [5.74, 6) is -3.66. The molecule has 0 saturated heterocycles. The lowest BCUT2D eigenvalue weighted by atomic mass is 10.1. The number of pyridine rings is 1. The van der Waals surface area contributed by atoms with Crippen LogP contribution in [0.3, 0.4) is 0 Å². The van der Waals surface area contributed by atoms with Gasteiger partial charge in [-0.1, -0.05) is 0 Å². The minimum absolute atomic E-state index is 0.0213. The van der Waals surface area contributed by atoms with Gasteiger partial charge in [0.25, 0.3) is 0 Å². The topological polar surface area (TPSA) is 59.3 Å². The molecule has 0 spiro atoms. The van der Waals surface area contributed by atoms with E-state index in [2.05, 4.69) is 15.9 Å². The summed E-state index contributed by atoms with van der Waals surface area (Å²) in [5, 5.41) is 8.93. The monoisotopic (exact) mass is 343 g/mol. The van der Waals surface area contributed by atoms with E-state index >= 15 is 0 Å². The van der Waals surface area contributed by atoms with E-state index in [0.29, 0.717) is 0 Å². The van der Waals surface area contributed by atoms with Gasteiger partial charge in [0.05, 0.1) is 15.4 Å². The van der Waals surface area contributed by atoms with Crippen molar-refractivity contribution < 1.29 is 18.7 Å². The SMILES string of the molecule is O=C(O)c1cn(C2CC2)c2cc(F)c(F)c(Br)c2c1=O. The fourth-order valence-corrected chi connectivity index (χ4v) is 2.78. The lowest BCUT2D eigenvalue weighted by Crippen LogP contribution is -2.19. The Morgan fingerprint density at radius 2 is 2.05 bits per heavy atom. The highest BCUT2D eigenvalue weighted by Gasteiger charge is 2.28. The number of aromatic nitrogens is 1. The van der Waals surface area contributed by atoms with Crippen LogP contribution >= 0.6 is 15.9 Å². The number of aromatic carboxylic acids is 1. The minimum atomic E-state index is -1.39. The van der Waals surface area contributed by atoms with Crippen LogP contribution in [0.25, 0.3) is 10.9 Å². The van der Waals surface area contributed by atoms with Crippen LogP contribution in [-0.2, 0) is 0 Å². The van der Waals surface area contributed by atoms with Crippen molar-refractivity contribution in [2.75, 3.05) is 0 Å². The van der Waals surface area contributed by atoms with Gasteiger partial charge in [0.1, 0.15) is 5.56 Å². The maximum Gasteiger partial charge on any atom is 0.341 e. The predicted octanol–water partition coefficient (Wildman–Crippen LogP) is 3.08. The molecule has 0 amide bonds. The first-order valence-corrected chi connectivity index (χ1v) is 6.66. The summed E-state index contributed by atoms with van der Waals surface area (Å²) in [6.45, 7) is 0. The van der Waals surface area contributed by atoms with Crippen molar-refractivity contribution in [3.63, 3.8) is 0 Å². The molecule has 1 saturated carbocycles. The molecule has 0 radical (unpaired) electrons. The minimum Gasteiger partial charge on any atom is -0.477 e. The Labute approximate surface area is 119 Å². The number of carboxylic acids is 1. The molecule has 1 aliphatic carbocycles. The molecular formula is C13H8BrF2NO3. The Balaban J connectivity index is 2.52. The summed E-state index contributed by atoms with van der Waals surface area (Å²) in [7, 11) is 0. The van der Waals surface area contributed by atoms with E-state index in [0.717, 1.165) is 18.9 Å². The molecule has 0 aliphatic heterocycles. The van der Waals surface area contributed by atoms with Crippen LogP contribution in [0.2, 0.25) is 0 Å². The van der Waals surface area contributed by atoms with Crippen molar-refractivity contribution in [3.05, 3.63) is 44.2 Å². The van der Waals surface area contributed by atoms with Gasteiger partial charge in [0.15, 0.2) is 11.6 Å². The van der Waals surface area contributed by atoms with Crippen LogP contribution in [0.4, 0.5) is 8.78 Å². The van der Waals surface area contributed by atoms with Crippen molar-refractivity contribution in [3.8, 4) is 0 Å². The van der Waals surface area contributed by atoms with Crippen molar-refractivity contribution >= 4 is 32.8 Å². The maximum absolute atomic E-state index is 13.6. The molecule has 0 bridgehead atoms. The Bertz CT molecular complexity index is 812. The molecule has 1 aliphatic rings. The first kappa shape index (κ1) is 13.2. The number of fused-ring (bicyclic) bond motifs is 1. The summed E-state index contributed by atoms with van der Waals surface area (Å²) in [6.07, 6.45) is 2.83. The number of hydrogen-bond acceptors (Lipinski definition) is 2. The zero-order chi connectivity index (χ0) is 14.6. The first-order valence-electron chi connectivity index (χ1n) is 5.87. The predicted molar refractivity (Wildman–Crippen MR) is 71.1 cm³/mol. The third-order valence-corrected chi connectivity index (χ3v) is 4.07. The van der Waals surface area contributed by atoms with E-state index in [-0.39, 0.29) is 21.4 Å². The van der Waals surface area contributed by atoms with Gasteiger partial charge in [0, 0.05) is 18.3 Å². The Hall–Kier alpha value is -1.76. The van der Waals surface area contributed by atoms with Crippen LogP contribution in [0.15, 0.2) is 21.5 Å². The van der Waals surface area contributed by atoms with Crippen molar-refractivity contribution in [2.45, 2.75) is 18.9 Å². The number of halogens is 3. The van der Waals surface area contributed by atoms with E-state index in [1.807, 2.05) is 0 Å². The summed E-state index contributed by atoms with van der Waals surface area (Å²) < 4.78 is 28.3. The smallest absolute Gasteiger partial charge is 0.341 e. The molecule has 1 N–H and O–H groups in total. The van der Waals surface area contributed by atoms with Gasteiger partial charge in [-0.05, 0) is 28.8 Å². The molecule has 0 unspecified atom stereocenters. The van der Waals surface area contributed by atoms with E-state index in [1.54, 1.807) is 0 Å². The van der Waals surface area contributed by atoms with Crippen LogP contribution in [-0.4, -0.2) is 15.6 Å². The zero-order valence-corrected chi connectivity index (χ0v) is 11.6. The van der Waals surface area contributed by atoms with Gasteiger partial charge in [-0.25, -0.2) is 13.6 Å². The molecule has 1 fully saturated rings. The third-order valence-electron chi connectivity index (χ3n) is 3.33. The van der Waals surface area contributed by atoms with Crippen molar-refractivity contribution in [1.29, 1.82) is 0 Å². The lowest BCUT2D eigenvalue weighted by Gasteiger charge is -2.13. The van der Waals surface area contributed by atoms with Gasteiger partial charge in [-0.15, -0.1) is 0 Å².